The normalized spacial score (nSPS) is 13.9. The van der Waals surface area contributed by atoms with Crippen molar-refractivity contribution in [2.75, 3.05) is 43.5 Å². The van der Waals surface area contributed by atoms with Gasteiger partial charge in [-0.05, 0) is 69.2 Å². The molecule has 0 unspecified atom stereocenters. The van der Waals surface area contributed by atoms with Gasteiger partial charge < -0.3 is 20.6 Å². The van der Waals surface area contributed by atoms with Crippen LogP contribution in [0, 0.1) is 0 Å². The van der Waals surface area contributed by atoms with Crippen molar-refractivity contribution >= 4 is 17.6 Å². The Labute approximate surface area is 188 Å². The van der Waals surface area contributed by atoms with E-state index < -0.39 is 12.0 Å². The number of nitrogens with one attached hydrogen (secondary N) is 2. The molecule has 1 aliphatic heterocycles. The van der Waals surface area contributed by atoms with E-state index >= 15 is 0 Å². The van der Waals surface area contributed by atoms with Crippen LogP contribution in [0.25, 0.3) is 0 Å². The van der Waals surface area contributed by atoms with E-state index in [4.69, 9.17) is 4.98 Å². The maximum absolute atomic E-state index is 12.8. The third-order valence-electron chi connectivity index (χ3n) is 5.65. The highest BCUT2D eigenvalue weighted by Gasteiger charge is 2.19. The van der Waals surface area contributed by atoms with E-state index in [-0.39, 0.29) is 6.67 Å². The molecular formula is C23H33FN6O2. The van der Waals surface area contributed by atoms with Crippen LogP contribution >= 0.6 is 0 Å². The Morgan fingerprint density at radius 1 is 1.22 bits per heavy atom. The minimum atomic E-state index is -0.929. The summed E-state index contributed by atoms with van der Waals surface area (Å²) in [6.07, 6.45) is 8.88. The average Bonchev–Trinajstić information content (AvgIpc) is 2.82. The molecule has 0 radical (unpaired) electrons. The molecule has 0 fully saturated rings. The number of carbonyl (C=O) groups is 1. The molecular weight excluding hydrogens is 411 g/mol. The zero-order valence-corrected chi connectivity index (χ0v) is 18.5. The predicted molar refractivity (Wildman–Crippen MR) is 123 cm³/mol. The van der Waals surface area contributed by atoms with E-state index in [1.54, 1.807) is 12.3 Å². The second-order valence-corrected chi connectivity index (χ2v) is 8.10. The number of nitrogens with zero attached hydrogens (tertiary/aromatic N) is 4. The number of hydrogen-bond donors (Lipinski definition) is 3. The molecule has 9 heteroatoms. The minimum Gasteiger partial charge on any atom is -0.480 e. The Bertz CT molecular complexity index is 838. The quantitative estimate of drug-likeness (QED) is 0.382. The Morgan fingerprint density at radius 3 is 2.88 bits per heavy atom. The van der Waals surface area contributed by atoms with Crippen LogP contribution < -0.4 is 10.6 Å². The Balaban J connectivity index is 1.45. The summed E-state index contributed by atoms with van der Waals surface area (Å²) in [5.41, 5.74) is 2.38. The van der Waals surface area contributed by atoms with Gasteiger partial charge in [-0.25, -0.2) is 19.7 Å². The first kappa shape index (κ1) is 23.8. The van der Waals surface area contributed by atoms with E-state index in [2.05, 4.69) is 37.6 Å². The van der Waals surface area contributed by atoms with Crippen molar-refractivity contribution < 1.29 is 14.3 Å². The fourth-order valence-electron chi connectivity index (χ4n) is 3.89. The third-order valence-corrected chi connectivity index (χ3v) is 5.65. The molecule has 3 rings (SSSR count). The summed E-state index contributed by atoms with van der Waals surface area (Å²) < 4.78 is 12.8. The number of alkyl halides is 1. The minimum absolute atomic E-state index is 0.371. The molecule has 0 aliphatic carbocycles. The number of aryl methyl sites for hydroxylation is 2. The molecule has 8 nitrogen and oxygen atoms in total. The highest BCUT2D eigenvalue weighted by Crippen LogP contribution is 2.20. The van der Waals surface area contributed by atoms with Gasteiger partial charge in [0.1, 0.15) is 24.0 Å². The number of aromatic nitrogens is 3. The van der Waals surface area contributed by atoms with Crippen LogP contribution in [0.2, 0.25) is 0 Å². The molecule has 0 amide bonds. The van der Waals surface area contributed by atoms with Crippen LogP contribution in [0.1, 0.15) is 43.4 Å². The summed E-state index contributed by atoms with van der Waals surface area (Å²) in [7, 11) is 0. The number of aliphatic carboxylic acids is 1. The van der Waals surface area contributed by atoms with Crippen molar-refractivity contribution in [1.82, 2.24) is 19.9 Å². The maximum atomic E-state index is 12.8. The Kier molecular flexibility index (Phi) is 9.61. The second kappa shape index (κ2) is 12.9. The number of rotatable bonds is 14. The Hall–Kier alpha value is -2.81. The van der Waals surface area contributed by atoms with Gasteiger partial charge in [-0.1, -0.05) is 6.07 Å². The molecule has 1 atom stereocenters. The molecule has 0 aromatic carbocycles. The fourth-order valence-corrected chi connectivity index (χ4v) is 3.89. The molecule has 0 saturated carbocycles. The monoisotopic (exact) mass is 444 g/mol. The van der Waals surface area contributed by atoms with Gasteiger partial charge in [-0.3, -0.25) is 4.39 Å². The van der Waals surface area contributed by atoms with Gasteiger partial charge >= 0.3 is 5.97 Å². The van der Waals surface area contributed by atoms with E-state index in [1.807, 2.05) is 0 Å². The first-order valence-corrected chi connectivity index (χ1v) is 11.4. The van der Waals surface area contributed by atoms with E-state index in [0.717, 1.165) is 56.7 Å². The molecule has 3 N–H and O–H groups in total. The van der Waals surface area contributed by atoms with Crippen LogP contribution in [0.15, 0.2) is 30.7 Å². The van der Waals surface area contributed by atoms with Crippen molar-refractivity contribution in [3.63, 3.8) is 0 Å². The van der Waals surface area contributed by atoms with Crippen LogP contribution in [0.5, 0.6) is 0 Å². The van der Waals surface area contributed by atoms with Crippen molar-refractivity contribution in [2.45, 2.75) is 51.0 Å². The largest absolute Gasteiger partial charge is 0.480 e. The third kappa shape index (κ3) is 7.71. The maximum Gasteiger partial charge on any atom is 0.326 e. The smallest absolute Gasteiger partial charge is 0.326 e. The van der Waals surface area contributed by atoms with Gasteiger partial charge in [-0.2, -0.15) is 0 Å². The molecule has 0 bridgehead atoms. The number of halogens is 1. The summed E-state index contributed by atoms with van der Waals surface area (Å²) in [6.45, 7) is 2.62. The molecule has 0 spiro atoms. The molecule has 2 aromatic heterocycles. The van der Waals surface area contributed by atoms with Gasteiger partial charge in [0, 0.05) is 31.5 Å². The van der Waals surface area contributed by atoms with E-state index in [1.165, 1.54) is 11.9 Å². The molecule has 32 heavy (non-hydrogen) atoms. The zero-order valence-electron chi connectivity index (χ0n) is 18.5. The number of hydrogen-bond acceptors (Lipinski definition) is 7. The highest BCUT2D eigenvalue weighted by atomic mass is 19.1. The van der Waals surface area contributed by atoms with Gasteiger partial charge in [0.25, 0.3) is 0 Å². The van der Waals surface area contributed by atoms with Crippen molar-refractivity contribution in [1.29, 1.82) is 0 Å². The van der Waals surface area contributed by atoms with Crippen LogP contribution in [0.3, 0.4) is 0 Å². The van der Waals surface area contributed by atoms with E-state index in [9.17, 15) is 14.3 Å². The Morgan fingerprint density at radius 2 is 2.09 bits per heavy atom. The summed E-state index contributed by atoms with van der Waals surface area (Å²) >= 11 is 0. The highest BCUT2D eigenvalue weighted by molar-refractivity contribution is 5.76. The summed E-state index contributed by atoms with van der Waals surface area (Å²) in [4.78, 5) is 26.4. The van der Waals surface area contributed by atoms with Crippen molar-refractivity contribution in [3.8, 4) is 0 Å². The first-order chi connectivity index (χ1) is 15.7. The lowest BCUT2D eigenvalue weighted by atomic mass is 10.1. The first-order valence-electron chi connectivity index (χ1n) is 11.4. The van der Waals surface area contributed by atoms with E-state index in [0.29, 0.717) is 31.7 Å². The van der Waals surface area contributed by atoms with Crippen LogP contribution in [-0.4, -0.2) is 69.8 Å². The zero-order chi connectivity index (χ0) is 22.6. The van der Waals surface area contributed by atoms with Gasteiger partial charge in [0.05, 0.1) is 6.67 Å². The van der Waals surface area contributed by atoms with Gasteiger partial charge in [0.2, 0.25) is 0 Å². The summed E-state index contributed by atoms with van der Waals surface area (Å²) in [5, 5.41) is 15.9. The fraction of sp³-hybridized carbons (Fsp3) is 0.565. The second-order valence-electron chi connectivity index (χ2n) is 8.10. The van der Waals surface area contributed by atoms with Crippen molar-refractivity contribution in [3.05, 3.63) is 42.0 Å². The molecule has 0 saturated heterocycles. The van der Waals surface area contributed by atoms with Crippen LogP contribution in [-0.2, 0) is 17.6 Å². The van der Waals surface area contributed by atoms with Crippen molar-refractivity contribution in [2.24, 2.45) is 0 Å². The molecule has 174 valence electrons. The SMILES string of the molecule is O=C(O)[C@H](CCN(CCCF)CCCCc1ccc2c(n1)NCCC2)Nc1ccncn1. The number of carboxylic acids is 1. The predicted octanol–water partition coefficient (Wildman–Crippen LogP) is 3.17. The molecule has 1 aliphatic rings. The number of anilines is 2. The summed E-state index contributed by atoms with van der Waals surface area (Å²) in [6, 6.07) is 5.17. The molecule has 2 aromatic rings. The lowest BCUT2D eigenvalue weighted by molar-refractivity contribution is -0.138. The number of fused-ring (bicyclic) bond motifs is 1. The molecule has 3 heterocycles. The number of carboxylic acid groups (broad SMARTS) is 1. The lowest BCUT2D eigenvalue weighted by Crippen LogP contribution is -2.36. The van der Waals surface area contributed by atoms with Gasteiger partial charge in [-0.15, -0.1) is 0 Å². The standard InChI is InChI=1S/C23H33FN6O2/c24-11-4-15-30(16-10-20(23(31)32)29-21-9-13-25-17-27-21)14-2-1-6-19-8-7-18-5-3-12-26-22(18)28-19/h7-9,13,17,20H,1-6,10-12,14-16H2,(H,26,28)(H,31,32)(H,25,27,29)/t20-/m0/s1. The lowest BCUT2D eigenvalue weighted by Gasteiger charge is -2.24. The average molecular weight is 445 g/mol. The summed E-state index contributed by atoms with van der Waals surface area (Å²) in [5.74, 6) is 0.574. The number of unbranched alkanes of at least 4 members (excludes halogenated alkanes) is 1. The van der Waals surface area contributed by atoms with Gasteiger partial charge in [0.15, 0.2) is 0 Å². The number of pyridine rings is 1. The topological polar surface area (TPSA) is 103 Å². The van der Waals surface area contributed by atoms with Crippen LogP contribution in [0.4, 0.5) is 16.0 Å².